The van der Waals surface area contributed by atoms with E-state index in [2.05, 4.69) is 0 Å². The molecule has 1 saturated heterocycles. The number of ether oxygens (including phenoxy) is 1. The van der Waals surface area contributed by atoms with Gasteiger partial charge in [-0.2, -0.15) is 0 Å². The summed E-state index contributed by atoms with van der Waals surface area (Å²) in [5.41, 5.74) is 0.476. The molecule has 0 aromatic heterocycles. The minimum Gasteiger partial charge on any atom is -0.445 e. The third-order valence-corrected chi connectivity index (χ3v) is 1.56. The van der Waals surface area contributed by atoms with Gasteiger partial charge in [0.15, 0.2) is 0 Å². The minimum absolute atomic E-state index is 0. The number of hydrogen-bond acceptors (Lipinski definition) is 1. The first-order chi connectivity index (χ1) is 5.08. The minimum atomic E-state index is -4.75. The average Bonchev–Trinajstić information content (AvgIpc) is 1.85. The molecule has 0 radical (unpaired) electrons. The molecule has 0 amide bonds. The second-order valence-electron chi connectivity index (χ2n) is 2.56. The van der Waals surface area contributed by atoms with Crippen molar-refractivity contribution in [2.75, 3.05) is 13.2 Å². The number of hydrogen-bond donors (Lipinski definition) is 0. The van der Waals surface area contributed by atoms with Gasteiger partial charge in [-0.1, -0.05) is 5.57 Å². The van der Waals surface area contributed by atoms with Gasteiger partial charge in [0.1, 0.15) is 0 Å². The van der Waals surface area contributed by atoms with Crippen molar-refractivity contribution in [3.05, 3.63) is 11.5 Å². The van der Waals surface area contributed by atoms with E-state index in [0.29, 0.717) is 37.6 Å². The number of rotatable bonds is 1. The van der Waals surface area contributed by atoms with Crippen LogP contribution < -0.4 is 51.4 Å². The van der Waals surface area contributed by atoms with E-state index in [4.69, 9.17) is 4.74 Å². The summed E-state index contributed by atoms with van der Waals surface area (Å²) in [6, 6.07) is 0. The van der Waals surface area contributed by atoms with Gasteiger partial charge >= 0.3 is 58.4 Å². The fourth-order valence-electron chi connectivity index (χ4n) is 1.07. The zero-order chi connectivity index (χ0) is 8.32. The maximum absolute atomic E-state index is 11.8. The second-order valence-corrected chi connectivity index (χ2v) is 2.56. The van der Waals surface area contributed by atoms with Crippen LogP contribution in [0.5, 0.6) is 0 Å². The Balaban J connectivity index is 0.00000121. The predicted octanol–water partition coefficient (Wildman–Crippen LogP) is -0.886. The molecule has 0 bridgehead atoms. The van der Waals surface area contributed by atoms with Gasteiger partial charge in [0.2, 0.25) is 0 Å². The molecule has 0 N–H and O–H groups in total. The summed E-state index contributed by atoms with van der Waals surface area (Å²) in [5, 5.41) is 0. The van der Waals surface area contributed by atoms with Crippen LogP contribution in [0.2, 0.25) is 0 Å². The van der Waals surface area contributed by atoms with Gasteiger partial charge in [-0.05, 0) is 12.8 Å². The standard InChI is InChI=1S/C6H9BF3O.K/c8-7(9,10)5-6-1-3-11-4-2-6;/h5H,1-4H2;/q-1;+1. The molecule has 0 aliphatic carbocycles. The molecule has 1 fully saturated rings. The summed E-state index contributed by atoms with van der Waals surface area (Å²) in [4.78, 5) is 0. The Hall–Kier alpha value is 1.19. The van der Waals surface area contributed by atoms with Crippen LogP contribution in [0.15, 0.2) is 11.5 Å². The Kier molecular flexibility index (Phi) is 6.40. The molecule has 6 heteroatoms. The molecule has 0 unspecified atom stereocenters. The first-order valence-corrected chi connectivity index (χ1v) is 3.56. The molecule has 1 heterocycles. The predicted molar refractivity (Wildman–Crippen MR) is 37.2 cm³/mol. The fraction of sp³-hybridized carbons (Fsp3) is 0.667. The molecule has 0 aromatic rings. The maximum Gasteiger partial charge on any atom is 1.00 e. The van der Waals surface area contributed by atoms with E-state index in [1.165, 1.54) is 0 Å². The molecule has 12 heavy (non-hydrogen) atoms. The Labute approximate surface area is 112 Å². The van der Waals surface area contributed by atoms with E-state index < -0.39 is 6.98 Å². The molecule has 0 atom stereocenters. The van der Waals surface area contributed by atoms with Crippen molar-refractivity contribution in [1.82, 2.24) is 0 Å². The van der Waals surface area contributed by atoms with Crippen LogP contribution in [0, 0.1) is 0 Å². The topological polar surface area (TPSA) is 9.23 Å². The van der Waals surface area contributed by atoms with Crippen LogP contribution in [0.3, 0.4) is 0 Å². The van der Waals surface area contributed by atoms with Crippen LogP contribution in [0.25, 0.3) is 0 Å². The zero-order valence-electron chi connectivity index (χ0n) is 7.03. The molecule has 1 rings (SSSR count). The van der Waals surface area contributed by atoms with Crippen molar-refractivity contribution in [2.24, 2.45) is 0 Å². The second kappa shape index (κ2) is 5.82. The van der Waals surface area contributed by atoms with Gasteiger partial charge in [0.05, 0.1) is 13.2 Å². The van der Waals surface area contributed by atoms with E-state index in [1.54, 1.807) is 0 Å². The first-order valence-electron chi connectivity index (χ1n) is 3.56. The molecule has 64 valence electrons. The summed E-state index contributed by atoms with van der Waals surface area (Å²) >= 11 is 0. The van der Waals surface area contributed by atoms with E-state index >= 15 is 0 Å². The van der Waals surface area contributed by atoms with Gasteiger partial charge in [0.25, 0.3) is 0 Å². The van der Waals surface area contributed by atoms with E-state index in [0.717, 1.165) is 0 Å². The molecule has 0 spiro atoms. The van der Waals surface area contributed by atoms with Crippen molar-refractivity contribution in [3.63, 3.8) is 0 Å². The molecule has 1 aliphatic rings. The van der Waals surface area contributed by atoms with Gasteiger partial charge < -0.3 is 17.7 Å². The van der Waals surface area contributed by atoms with Gasteiger partial charge in [-0.3, -0.25) is 0 Å². The van der Waals surface area contributed by atoms with Gasteiger partial charge in [-0.15, -0.1) is 5.98 Å². The summed E-state index contributed by atoms with van der Waals surface area (Å²) in [6.07, 6.45) is 0.864. The normalized spacial score (nSPS) is 18.4. The van der Waals surface area contributed by atoms with E-state index in [-0.39, 0.29) is 51.4 Å². The maximum atomic E-state index is 11.8. The van der Waals surface area contributed by atoms with Crippen molar-refractivity contribution >= 4 is 6.98 Å². The molecule has 0 saturated carbocycles. The van der Waals surface area contributed by atoms with Crippen LogP contribution in [0.1, 0.15) is 12.8 Å². The fourth-order valence-corrected chi connectivity index (χ4v) is 1.07. The first kappa shape index (κ1) is 13.2. The summed E-state index contributed by atoms with van der Waals surface area (Å²) in [7, 11) is 0. The van der Waals surface area contributed by atoms with Crippen molar-refractivity contribution in [1.29, 1.82) is 0 Å². The van der Waals surface area contributed by atoms with Crippen LogP contribution in [-0.2, 0) is 4.74 Å². The summed E-state index contributed by atoms with van der Waals surface area (Å²) in [5.74, 6) is 0.447. The Morgan fingerprint density at radius 3 is 2.08 bits per heavy atom. The average molecular weight is 204 g/mol. The van der Waals surface area contributed by atoms with Gasteiger partial charge in [0, 0.05) is 0 Å². The SMILES string of the molecule is F[B-](F)(F)C=C1CCOCC1.[K+]. The third kappa shape index (κ3) is 5.77. The molecule has 1 nitrogen and oxygen atoms in total. The molecule has 0 aromatic carbocycles. The van der Waals surface area contributed by atoms with Crippen molar-refractivity contribution in [3.8, 4) is 0 Å². The zero-order valence-corrected chi connectivity index (χ0v) is 10.1. The van der Waals surface area contributed by atoms with E-state index in [9.17, 15) is 12.9 Å². The van der Waals surface area contributed by atoms with Crippen molar-refractivity contribution in [2.45, 2.75) is 12.8 Å². The Morgan fingerprint density at radius 2 is 1.67 bits per heavy atom. The van der Waals surface area contributed by atoms with Crippen LogP contribution in [0.4, 0.5) is 12.9 Å². The third-order valence-electron chi connectivity index (χ3n) is 1.56. The molecule has 1 aliphatic heterocycles. The van der Waals surface area contributed by atoms with Crippen molar-refractivity contribution < 1.29 is 69.1 Å². The van der Waals surface area contributed by atoms with E-state index in [1.807, 2.05) is 0 Å². The Morgan fingerprint density at radius 1 is 1.17 bits per heavy atom. The summed E-state index contributed by atoms with van der Waals surface area (Å²) in [6.45, 7) is -3.89. The molecular weight excluding hydrogens is 195 g/mol. The van der Waals surface area contributed by atoms with Crippen LogP contribution in [-0.4, -0.2) is 20.2 Å². The monoisotopic (exact) mass is 204 g/mol. The smallest absolute Gasteiger partial charge is 0.445 e. The van der Waals surface area contributed by atoms with Crippen LogP contribution >= 0.6 is 0 Å². The molecular formula is C6H9BF3KO. The largest absolute Gasteiger partial charge is 1.00 e. The number of halogens is 3. The Bertz CT molecular complexity index is 161. The quantitative estimate of drug-likeness (QED) is 0.503. The van der Waals surface area contributed by atoms with Gasteiger partial charge in [-0.25, -0.2) is 0 Å². The summed E-state index contributed by atoms with van der Waals surface area (Å²) < 4.78 is 40.3.